The molecule has 0 aromatic heterocycles. The summed E-state index contributed by atoms with van der Waals surface area (Å²) in [6.45, 7) is 0.108. The summed E-state index contributed by atoms with van der Waals surface area (Å²) >= 11 is 0. The third-order valence-corrected chi connectivity index (χ3v) is 8.81. The van der Waals surface area contributed by atoms with Crippen molar-refractivity contribution in [3.63, 3.8) is 0 Å². The van der Waals surface area contributed by atoms with Crippen LogP contribution in [0.1, 0.15) is 19.3 Å². The predicted molar refractivity (Wildman–Crippen MR) is 101 cm³/mol. The number of hydrazine groups is 1. The summed E-state index contributed by atoms with van der Waals surface area (Å²) in [7, 11) is -4.18. The molecule has 0 bridgehead atoms. The molecule has 0 unspecified atom stereocenters. The van der Waals surface area contributed by atoms with Gasteiger partial charge in [-0.3, -0.25) is 9.80 Å². The molecule has 2 aliphatic heterocycles. The van der Waals surface area contributed by atoms with Crippen LogP contribution in [0.4, 0.5) is 4.39 Å². The number of benzene rings is 1. The minimum Gasteiger partial charge on any atom is -0.272 e. The molecule has 0 spiro atoms. The van der Waals surface area contributed by atoms with Crippen molar-refractivity contribution in [3.8, 4) is 0 Å². The number of carbonyl (C=O) groups excluding carboxylic acids is 1. The van der Waals surface area contributed by atoms with Crippen molar-refractivity contribution in [3.05, 3.63) is 30.1 Å². The number of sulfone groups is 1. The largest absolute Gasteiger partial charge is 0.272 e. The van der Waals surface area contributed by atoms with Gasteiger partial charge >= 0.3 is 0 Å². The zero-order valence-electron chi connectivity index (χ0n) is 15.8. The highest BCUT2D eigenvalue weighted by Crippen LogP contribution is 2.30. The number of hydrogen-bond donors (Lipinski definition) is 0. The molecule has 0 saturated carbocycles. The molecule has 2 aliphatic rings. The number of carbonyl (C=O) groups is 1. The summed E-state index contributed by atoms with van der Waals surface area (Å²) in [4.78, 5) is 12.8. The lowest BCUT2D eigenvalue weighted by molar-refractivity contribution is -0.152. The van der Waals surface area contributed by atoms with Crippen molar-refractivity contribution in [2.24, 2.45) is 0 Å². The smallest absolute Gasteiger partial charge is 0.255 e. The first kappa shape index (κ1) is 21.2. The molecule has 1 amide bonds. The maximum Gasteiger partial charge on any atom is 0.255 e. The first-order chi connectivity index (χ1) is 13.0. The molecule has 156 valence electrons. The summed E-state index contributed by atoms with van der Waals surface area (Å²) < 4.78 is 64.8. The monoisotopic (exact) mass is 433 g/mol. The van der Waals surface area contributed by atoms with Gasteiger partial charge in [-0.2, -0.15) is 4.31 Å². The van der Waals surface area contributed by atoms with Gasteiger partial charge in [0.1, 0.15) is 16.8 Å². The molecule has 11 heteroatoms. The maximum absolute atomic E-state index is 14.1. The van der Waals surface area contributed by atoms with Gasteiger partial charge in [0.05, 0.1) is 17.5 Å². The SMILES string of the molecule is CN(C)N(C(=O)[C@H]1CCCN1S(=O)(=O)c1ccccc1F)[C@@H]1CCS(=O)(=O)C1. The van der Waals surface area contributed by atoms with Crippen molar-refractivity contribution in [2.45, 2.75) is 36.2 Å². The normalized spacial score (nSPS) is 25.3. The molecule has 2 atom stereocenters. The minimum atomic E-state index is -4.20. The lowest BCUT2D eigenvalue weighted by atomic mass is 10.1. The van der Waals surface area contributed by atoms with Crippen molar-refractivity contribution < 1.29 is 26.0 Å². The van der Waals surface area contributed by atoms with Crippen LogP contribution >= 0.6 is 0 Å². The van der Waals surface area contributed by atoms with Gasteiger partial charge < -0.3 is 0 Å². The average molecular weight is 434 g/mol. The van der Waals surface area contributed by atoms with Gasteiger partial charge in [-0.05, 0) is 31.4 Å². The molecule has 1 aromatic rings. The van der Waals surface area contributed by atoms with E-state index >= 15 is 0 Å². The summed E-state index contributed by atoms with van der Waals surface area (Å²) in [6, 6.07) is 3.54. The molecule has 2 saturated heterocycles. The van der Waals surface area contributed by atoms with E-state index in [1.165, 1.54) is 28.2 Å². The Morgan fingerprint density at radius 3 is 2.46 bits per heavy atom. The standard InChI is InChI=1S/C17H24FN3O5S2/c1-19(2)21(13-9-11-27(23,24)12-13)17(22)15-7-5-10-20(15)28(25,26)16-8-4-3-6-14(16)18/h3-4,6,8,13,15H,5,7,9-12H2,1-2H3/t13-,15-/m1/s1. The third-order valence-electron chi connectivity index (χ3n) is 5.12. The molecule has 3 rings (SSSR count). The van der Waals surface area contributed by atoms with Crippen LogP contribution in [0.15, 0.2) is 29.2 Å². The Morgan fingerprint density at radius 2 is 1.89 bits per heavy atom. The molecule has 2 fully saturated rings. The summed E-state index contributed by atoms with van der Waals surface area (Å²) in [5.41, 5.74) is 0. The maximum atomic E-state index is 14.1. The van der Waals surface area contributed by atoms with Gasteiger partial charge in [0, 0.05) is 20.6 Å². The highest BCUT2D eigenvalue weighted by atomic mass is 32.2. The van der Waals surface area contributed by atoms with Crippen LogP contribution < -0.4 is 0 Å². The Bertz CT molecular complexity index is 965. The molecule has 1 aromatic carbocycles. The quantitative estimate of drug-likeness (QED) is 0.627. The Labute approximate surface area is 164 Å². The van der Waals surface area contributed by atoms with Crippen LogP contribution in [0.3, 0.4) is 0 Å². The zero-order valence-corrected chi connectivity index (χ0v) is 17.4. The second-order valence-electron chi connectivity index (χ2n) is 7.29. The van der Waals surface area contributed by atoms with E-state index in [4.69, 9.17) is 0 Å². The number of hydrogen-bond acceptors (Lipinski definition) is 6. The summed E-state index contributed by atoms with van der Waals surface area (Å²) in [5, 5.41) is 2.84. The Hall–Kier alpha value is -1.56. The summed E-state index contributed by atoms with van der Waals surface area (Å²) in [5.74, 6) is -1.50. The van der Waals surface area contributed by atoms with Crippen LogP contribution in [0.25, 0.3) is 0 Å². The average Bonchev–Trinajstić information content (AvgIpc) is 3.22. The molecular weight excluding hydrogens is 409 g/mol. The Balaban J connectivity index is 1.91. The van der Waals surface area contributed by atoms with Gasteiger partial charge in [0.2, 0.25) is 10.0 Å². The van der Waals surface area contributed by atoms with Crippen LogP contribution in [-0.2, 0) is 24.7 Å². The van der Waals surface area contributed by atoms with Gasteiger partial charge in [-0.25, -0.2) is 26.2 Å². The Morgan fingerprint density at radius 1 is 1.21 bits per heavy atom. The highest BCUT2D eigenvalue weighted by molar-refractivity contribution is 7.91. The second-order valence-corrected chi connectivity index (χ2v) is 11.4. The molecule has 0 N–H and O–H groups in total. The van der Waals surface area contributed by atoms with E-state index in [0.717, 1.165) is 10.4 Å². The van der Waals surface area contributed by atoms with Crippen molar-refractivity contribution in [2.75, 3.05) is 32.1 Å². The van der Waals surface area contributed by atoms with Gasteiger partial charge in [0.25, 0.3) is 5.91 Å². The van der Waals surface area contributed by atoms with Crippen LogP contribution in [0.5, 0.6) is 0 Å². The van der Waals surface area contributed by atoms with Crippen molar-refractivity contribution in [1.29, 1.82) is 0 Å². The van der Waals surface area contributed by atoms with E-state index in [1.54, 1.807) is 14.1 Å². The van der Waals surface area contributed by atoms with E-state index in [-0.39, 0.29) is 18.1 Å². The van der Waals surface area contributed by atoms with E-state index in [0.29, 0.717) is 19.3 Å². The fraction of sp³-hybridized carbons (Fsp3) is 0.588. The highest BCUT2D eigenvalue weighted by Gasteiger charge is 2.45. The molecule has 28 heavy (non-hydrogen) atoms. The number of nitrogens with zero attached hydrogens (tertiary/aromatic N) is 3. The number of rotatable bonds is 5. The van der Waals surface area contributed by atoms with Crippen molar-refractivity contribution >= 4 is 25.8 Å². The third kappa shape index (κ3) is 3.93. The topological polar surface area (TPSA) is 95.1 Å². The predicted octanol–water partition coefficient (Wildman–Crippen LogP) is 0.471. The van der Waals surface area contributed by atoms with Crippen LogP contribution in [0.2, 0.25) is 0 Å². The van der Waals surface area contributed by atoms with Crippen LogP contribution in [-0.4, -0.2) is 81.3 Å². The van der Waals surface area contributed by atoms with Crippen molar-refractivity contribution in [1.82, 2.24) is 14.3 Å². The summed E-state index contributed by atoms with van der Waals surface area (Å²) in [6.07, 6.45) is 1.07. The first-order valence-corrected chi connectivity index (χ1v) is 12.3. The first-order valence-electron chi connectivity index (χ1n) is 9.02. The van der Waals surface area contributed by atoms with E-state index < -0.39 is 48.6 Å². The second kappa shape index (κ2) is 7.69. The fourth-order valence-corrected chi connectivity index (χ4v) is 7.29. The molecule has 2 heterocycles. The molecule has 0 radical (unpaired) electrons. The number of sulfonamides is 1. The molecule has 8 nitrogen and oxygen atoms in total. The lowest BCUT2D eigenvalue weighted by Gasteiger charge is -2.37. The number of amides is 1. The molecular formula is C17H24FN3O5S2. The van der Waals surface area contributed by atoms with E-state index in [1.807, 2.05) is 0 Å². The minimum absolute atomic E-state index is 0.00278. The fourth-order valence-electron chi connectivity index (χ4n) is 3.88. The van der Waals surface area contributed by atoms with E-state index in [2.05, 4.69) is 0 Å². The zero-order chi connectivity index (χ0) is 20.7. The lowest BCUT2D eigenvalue weighted by Crippen LogP contribution is -2.56. The van der Waals surface area contributed by atoms with Gasteiger partial charge in [0.15, 0.2) is 9.84 Å². The number of halogens is 1. The molecule has 0 aliphatic carbocycles. The van der Waals surface area contributed by atoms with Crippen LogP contribution in [0, 0.1) is 5.82 Å². The van der Waals surface area contributed by atoms with E-state index in [9.17, 15) is 26.0 Å². The van der Waals surface area contributed by atoms with Gasteiger partial charge in [-0.1, -0.05) is 12.1 Å². The van der Waals surface area contributed by atoms with Gasteiger partial charge in [-0.15, -0.1) is 0 Å². The Kier molecular flexibility index (Phi) is 5.81.